The SMILES string of the molecule is CCc1ccc(C(=O)NC[C@@H]([C@@H]2CCOC2)N2CCOCC2)s1. The van der Waals surface area contributed by atoms with Gasteiger partial charge in [-0.15, -0.1) is 11.3 Å². The van der Waals surface area contributed by atoms with Gasteiger partial charge in [-0.1, -0.05) is 6.92 Å². The van der Waals surface area contributed by atoms with E-state index in [2.05, 4.69) is 17.1 Å². The van der Waals surface area contributed by atoms with Crippen LogP contribution in [0.1, 0.15) is 27.9 Å². The van der Waals surface area contributed by atoms with E-state index in [1.807, 2.05) is 12.1 Å². The van der Waals surface area contributed by atoms with E-state index < -0.39 is 0 Å². The molecule has 0 radical (unpaired) electrons. The number of rotatable bonds is 6. The van der Waals surface area contributed by atoms with Crippen LogP contribution in [0, 0.1) is 5.92 Å². The minimum atomic E-state index is 0.0480. The summed E-state index contributed by atoms with van der Waals surface area (Å²) in [6.45, 7) is 7.88. The van der Waals surface area contributed by atoms with Crippen LogP contribution in [0.25, 0.3) is 0 Å². The van der Waals surface area contributed by atoms with Gasteiger partial charge in [0, 0.05) is 43.1 Å². The molecule has 0 spiro atoms. The van der Waals surface area contributed by atoms with Crippen molar-refractivity contribution in [3.8, 4) is 0 Å². The molecule has 2 atom stereocenters. The molecule has 0 saturated carbocycles. The molecule has 1 N–H and O–H groups in total. The van der Waals surface area contributed by atoms with E-state index in [0.717, 1.165) is 57.2 Å². The molecule has 2 aliphatic heterocycles. The maximum absolute atomic E-state index is 12.4. The number of hydrogen-bond donors (Lipinski definition) is 1. The van der Waals surface area contributed by atoms with E-state index in [4.69, 9.17) is 9.47 Å². The highest BCUT2D eigenvalue weighted by Gasteiger charge is 2.31. The Morgan fingerprint density at radius 1 is 1.35 bits per heavy atom. The lowest BCUT2D eigenvalue weighted by Gasteiger charge is -2.37. The third-order valence-electron chi connectivity index (χ3n) is 4.73. The molecule has 0 aliphatic carbocycles. The van der Waals surface area contributed by atoms with E-state index >= 15 is 0 Å². The van der Waals surface area contributed by atoms with Crippen molar-refractivity contribution < 1.29 is 14.3 Å². The zero-order valence-corrected chi connectivity index (χ0v) is 14.6. The fourth-order valence-electron chi connectivity index (χ4n) is 3.33. The summed E-state index contributed by atoms with van der Waals surface area (Å²) in [5.74, 6) is 0.551. The predicted molar refractivity (Wildman–Crippen MR) is 91.1 cm³/mol. The summed E-state index contributed by atoms with van der Waals surface area (Å²) >= 11 is 1.59. The van der Waals surface area contributed by atoms with Gasteiger partial charge in [0.1, 0.15) is 0 Å². The monoisotopic (exact) mass is 338 g/mol. The van der Waals surface area contributed by atoms with Crippen LogP contribution in [0.15, 0.2) is 12.1 Å². The fraction of sp³-hybridized carbons (Fsp3) is 0.706. The zero-order chi connectivity index (χ0) is 16.1. The molecule has 1 aromatic rings. The van der Waals surface area contributed by atoms with Crippen LogP contribution in [-0.4, -0.2) is 62.9 Å². The second-order valence-electron chi connectivity index (χ2n) is 6.17. The Bertz CT molecular complexity index is 508. The number of morpholine rings is 1. The minimum absolute atomic E-state index is 0.0480. The number of ether oxygens (including phenoxy) is 2. The van der Waals surface area contributed by atoms with Crippen molar-refractivity contribution in [2.45, 2.75) is 25.8 Å². The molecule has 0 aromatic carbocycles. The van der Waals surface area contributed by atoms with Crippen LogP contribution in [0.4, 0.5) is 0 Å². The van der Waals surface area contributed by atoms with Crippen molar-refractivity contribution in [1.82, 2.24) is 10.2 Å². The topological polar surface area (TPSA) is 50.8 Å². The number of carbonyl (C=O) groups excluding carboxylic acids is 1. The van der Waals surface area contributed by atoms with Gasteiger partial charge in [-0.3, -0.25) is 9.69 Å². The molecule has 0 bridgehead atoms. The van der Waals surface area contributed by atoms with Crippen molar-refractivity contribution in [1.29, 1.82) is 0 Å². The molecule has 23 heavy (non-hydrogen) atoms. The van der Waals surface area contributed by atoms with Gasteiger partial charge >= 0.3 is 0 Å². The van der Waals surface area contributed by atoms with Crippen molar-refractivity contribution in [2.75, 3.05) is 46.1 Å². The third kappa shape index (κ3) is 4.32. The molecule has 3 rings (SSSR count). The first-order valence-corrected chi connectivity index (χ1v) is 9.36. The van der Waals surface area contributed by atoms with Crippen molar-refractivity contribution >= 4 is 17.2 Å². The molecule has 128 valence electrons. The van der Waals surface area contributed by atoms with Gasteiger partial charge in [0.05, 0.1) is 24.7 Å². The molecule has 3 heterocycles. The van der Waals surface area contributed by atoms with E-state index in [1.54, 1.807) is 11.3 Å². The lowest BCUT2D eigenvalue weighted by atomic mass is 9.97. The largest absolute Gasteiger partial charge is 0.381 e. The number of amides is 1. The Morgan fingerprint density at radius 2 is 2.17 bits per heavy atom. The maximum Gasteiger partial charge on any atom is 0.261 e. The molecule has 0 unspecified atom stereocenters. The Morgan fingerprint density at radius 3 is 2.83 bits per heavy atom. The molecular weight excluding hydrogens is 312 g/mol. The summed E-state index contributed by atoms with van der Waals surface area (Å²) in [6, 6.07) is 4.32. The van der Waals surface area contributed by atoms with Crippen LogP contribution in [0.2, 0.25) is 0 Å². The second-order valence-corrected chi connectivity index (χ2v) is 7.34. The highest BCUT2D eigenvalue weighted by molar-refractivity contribution is 7.14. The van der Waals surface area contributed by atoms with E-state index in [1.165, 1.54) is 4.88 Å². The lowest BCUT2D eigenvalue weighted by Crippen LogP contribution is -2.52. The van der Waals surface area contributed by atoms with E-state index in [-0.39, 0.29) is 5.91 Å². The van der Waals surface area contributed by atoms with Gasteiger partial charge in [-0.2, -0.15) is 0 Å². The van der Waals surface area contributed by atoms with Crippen LogP contribution < -0.4 is 5.32 Å². The van der Waals surface area contributed by atoms with Crippen LogP contribution in [0.5, 0.6) is 0 Å². The van der Waals surface area contributed by atoms with Crippen LogP contribution in [0.3, 0.4) is 0 Å². The van der Waals surface area contributed by atoms with E-state index in [0.29, 0.717) is 18.5 Å². The molecular formula is C17H26N2O3S. The fourth-order valence-corrected chi connectivity index (χ4v) is 4.20. The number of nitrogens with zero attached hydrogens (tertiary/aromatic N) is 1. The first-order chi connectivity index (χ1) is 11.3. The number of thiophene rings is 1. The number of hydrogen-bond acceptors (Lipinski definition) is 5. The molecule has 2 saturated heterocycles. The highest BCUT2D eigenvalue weighted by atomic mass is 32.1. The van der Waals surface area contributed by atoms with Gasteiger partial charge in [0.25, 0.3) is 5.91 Å². The highest BCUT2D eigenvalue weighted by Crippen LogP contribution is 2.22. The maximum atomic E-state index is 12.4. The second kappa shape index (κ2) is 8.24. The number of nitrogens with one attached hydrogen (secondary N) is 1. The molecule has 1 aromatic heterocycles. The minimum Gasteiger partial charge on any atom is -0.381 e. The van der Waals surface area contributed by atoms with Gasteiger partial charge in [-0.05, 0) is 25.0 Å². The first kappa shape index (κ1) is 16.9. The van der Waals surface area contributed by atoms with Crippen molar-refractivity contribution in [3.05, 3.63) is 21.9 Å². The number of aryl methyl sites for hydroxylation is 1. The van der Waals surface area contributed by atoms with Gasteiger partial charge in [0.2, 0.25) is 0 Å². The van der Waals surface area contributed by atoms with Crippen molar-refractivity contribution in [3.63, 3.8) is 0 Å². The average molecular weight is 338 g/mol. The summed E-state index contributed by atoms with van der Waals surface area (Å²) in [6.07, 6.45) is 2.06. The predicted octanol–water partition coefficient (Wildman–Crippen LogP) is 1.78. The van der Waals surface area contributed by atoms with Gasteiger partial charge < -0.3 is 14.8 Å². The summed E-state index contributed by atoms with van der Waals surface area (Å²) in [7, 11) is 0. The third-order valence-corrected chi connectivity index (χ3v) is 5.96. The summed E-state index contributed by atoms with van der Waals surface area (Å²) in [5.41, 5.74) is 0. The molecule has 2 aliphatic rings. The standard InChI is InChI=1S/C17H26N2O3S/c1-2-14-3-4-16(23-14)17(20)18-11-15(13-5-8-22-12-13)19-6-9-21-10-7-19/h3-4,13,15H,2,5-12H2,1H3,(H,18,20)/t13-,15+/m1/s1. The molecule has 6 heteroatoms. The molecule has 5 nitrogen and oxygen atoms in total. The Hall–Kier alpha value is -0.950. The Balaban J connectivity index is 1.59. The first-order valence-electron chi connectivity index (χ1n) is 8.54. The van der Waals surface area contributed by atoms with Crippen LogP contribution >= 0.6 is 11.3 Å². The summed E-state index contributed by atoms with van der Waals surface area (Å²) < 4.78 is 11.0. The zero-order valence-electron chi connectivity index (χ0n) is 13.8. The van der Waals surface area contributed by atoms with Crippen LogP contribution in [-0.2, 0) is 15.9 Å². The smallest absolute Gasteiger partial charge is 0.261 e. The summed E-state index contributed by atoms with van der Waals surface area (Å²) in [5, 5.41) is 3.14. The number of carbonyl (C=O) groups is 1. The van der Waals surface area contributed by atoms with Gasteiger partial charge in [0.15, 0.2) is 0 Å². The quantitative estimate of drug-likeness (QED) is 0.859. The van der Waals surface area contributed by atoms with E-state index in [9.17, 15) is 4.79 Å². The summed E-state index contributed by atoms with van der Waals surface area (Å²) in [4.78, 5) is 16.9. The molecule has 1 amide bonds. The Labute approximate surface area is 142 Å². The van der Waals surface area contributed by atoms with Crippen molar-refractivity contribution in [2.24, 2.45) is 5.92 Å². The molecule has 2 fully saturated rings. The normalized spacial score (nSPS) is 23.8. The Kier molecular flexibility index (Phi) is 6.05. The average Bonchev–Trinajstić information content (AvgIpc) is 3.27. The van der Waals surface area contributed by atoms with Gasteiger partial charge in [-0.25, -0.2) is 0 Å². The lowest BCUT2D eigenvalue weighted by molar-refractivity contribution is 0.00167.